The van der Waals surface area contributed by atoms with E-state index in [9.17, 15) is 0 Å². The molecule has 0 aliphatic rings. The van der Waals surface area contributed by atoms with Crippen molar-refractivity contribution in [2.24, 2.45) is 0 Å². The summed E-state index contributed by atoms with van der Waals surface area (Å²) >= 11 is 5.61. The van der Waals surface area contributed by atoms with E-state index in [0.29, 0.717) is 24.5 Å². The summed E-state index contributed by atoms with van der Waals surface area (Å²) in [6.07, 6.45) is 0. The molecule has 3 rings (SSSR count). The van der Waals surface area contributed by atoms with Gasteiger partial charge in [-0.1, -0.05) is 24.4 Å². The average Bonchev–Trinajstić information content (AvgIpc) is 2.49. The molecule has 0 atom stereocenters. The number of fused-ring (bicyclic) bond motifs is 2. The Labute approximate surface area is 128 Å². The van der Waals surface area contributed by atoms with E-state index in [0.717, 1.165) is 26.6 Å². The lowest BCUT2D eigenvalue weighted by Crippen LogP contribution is -1.96. The molecule has 0 saturated carbocycles. The molecule has 1 heterocycles. The van der Waals surface area contributed by atoms with Crippen molar-refractivity contribution >= 4 is 34.2 Å². The molecule has 108 valence electrons. The molecule has 0 spiro atoms. The monoisotopic (exact) mass is 300 g/mol. The van der Waals surface area contributed by atoms with Crippen LogP contribution in [0.25, 0.3) is 21.9 Å². The third-order valence-electron chi connectivity index (χ3n) is 3.23. The molecule has 1 aromatic heterocycles. The number of rotatable bonds is 4. The van der Waals surface area contributed by atoms with Crippen molar-refractivity contribution in [2.75, 3.05) is 13.2 Å². The Kier molecular flexibility index (Phi) is 3.80. The Hall–Kier alpha value is -2.07. The van der Waals surface area contributed by atoms with E-state index in [2.05, 4.69) is 0 Å². The predicted octanol–water partition coefficient (Wildman–Crippen LogP) is 5.11. The molecule has 0 unspecified atom stereocenters. The highest BCUT2D eigenvalue weighted by atomic mass is 32.1. The molecule has 3 nitrogen and oxygen atoms in total. The van der Waals surface area contributed by atoms with Crippen LogP contribution in [0, 0.1) is 4.51 Å². The molecule has 0 aliphatic carbocycles. The topological polar surface area (TPSA) is 31.6 Å². The minimum absolute atomic E-state index is 0.555. The lowest BCUT2D eigenvalue weighted by molar-refractivity contribution is 0.323. The standard InChI is InChI=1S/C17H16O3S/c1-3-18-11-9-13-16(15(10-11)19-4-2)20-14-8-6-5-7-12(14)17(13)21/h5-10H,3-4H2,1-2H3. The van der Waals surface area contributed by atoms with E-state index in [1.807, 2.05) is 50.2 Å². The Morgan fingerprint density at radius 2 is 1.76 bits per heavy atom. The van der Waals surface area contributed by atoms with Gasteiger partial charge >= 0.3 is 0 Å². The SMILES string of the molecule is CCOc1cc(OCC)c2oc3ccccc3c(=S)c2c1. The van der Waals surface area contributed by atoms with Gasteiger partial charge in [-0.3, -0.25) is 0 Å². The molecule has 0 aliphatic heterocycles. The second-order valence-corrected chi connectivity index (χ2v) is 5.00. The van der Waals surface area contributed by atoms with Gasteiger partial charge in [0, 0.05) is 16.8 Å². The Morgan fingerprint density at radius 1 is 1.00 bits per heavy atom. The zero-order valence-corrected chi connectivity index (χ0v) is 12.8. The molecule has 21 heavy (non-hydrogen) atoms. The fraction of sp³-hybridized carbons (Fsp3) is 0.235. The third kappa shape index (κ3) is 2.47. The summed E-state index contributed by atoms with van der Waals surface area (Å²) in [5, 5.41) is 1.77. The summed E-state index contributed by atoms with van der Waals surface area (Å²) in [7, 11) is 0. The summed E-state index contributed by atoms with van der Waals surface area (Å²) in [5.41, 5.74) is 1.43. The van der Waals surface area contributed by atoms with Gasteiger partial charge in [0.25, 0.3) is 0 Å². The van der Waals surface area contributed by atoms with Crippen molar-refractivity contribution < 1.29 is 13.9 Å². The molecular formula is C17H16O3S. The Morgan fingerprint density at radius 3 is 2.52 bits per heavy atom. The first kappa shape index (κ1) is 13.9. The lowest BCUT2D eigenvalue weighted by Gasteiger charge is -2.11. The molecule has 0 amide bonds. The lowest BCUT2D eigenvalue weighted by atomic mass is 10.1. The van der Waals surface area contributed by atoms with E-state index in [1.54, 1.807) is 0 Å². The van der Waals surface area contributed by atoms with Crippen molar-refractivity contribution in [1.29, 1.82) is 0 Å². The highest BCUT2D eigenvalue weighted by molar-refractivity contribution is 7.72. The second kappa shape index (κ2) is 5.74. The quantitative estimate of drug-likeness (QED) is 0.495. The van der Waals surface area contributed by atoms with Crippen molar-refractivity contribution in [1.82, 2.24) is 0 Å². The van der Waals surface area contributed by atoms with Crippen LogP contribution in [0.2, 0.25) is 0 Å². The van der Waals surface area contributed by atoms with Crippen molar-refractivity contribution in [2.45, 2.75) is 13.8 Å². The first-order valence-electron chi connectivity index (χ1n) is 6.99. The number of benzene rings is 2. The summed E-state index contributed by atoms with van der Waals surface area (Å²) in [4.78, 5) is 0. The highest BCUT2D eigenvalue weighted by Gasteiger charge is 2.12. The molecule has 0 fully saturated rings. The van der Waals surface area contributed by atoms with E-state index in [1.165, 1.54) is 0 Å². The van der Waals surface area contributed by atoms with Crippen molar-refractivity contribution in [3.63, 3.8) is 0 Å². The maximum absolute atomic E-state index is 6.00. The van der Waals surface area contributed by atoms with E-state index in [-0.39, 0.29) is 0 Å². The molecule has 2 aromatic carbocycles. The van der Waals surface area contributed by atoms with Crippen LogP contribution < -0.4 is 9.47 Å². The van der Waals surface area contributed by atoms with Crippen LogP contribution in [0.1, 0.15) is 13.8 Å². The van der Waals surface area contributed by atoms with Gasteiger partial charge in [0.15, 0.2) is 11.3 Å². The molecular weight excluding hydrogens is 284 g/mol. The third-order valence-corrected chi connectivity index (χ3v) is 3.67. The van der Waals surface area contributed by atoms with Crippen LogP contribution in [-0.4, -0.2) is 13.2 Å². The van der Waals surface area contributed by atoms with E-state index < -0.39 is 0 Å². The van der Waals surface area contributed by atoms with Crippen LogP contribution in [-0.2, 0) is 0 Å². The van der Waals surface area contributed by atoms with Gasteiger partial charge in [0.05, 0.1) is 17.7 Å². The molecule has 0 radical (unpaired) electrons. The smallest absolute Gasteiger partial charge is 0.178 e. The highest BCUT2D eigenvalue weighted by Crippen LogP contribution is 2.35. The first-order valence-corrected chi connectivity index (χ1v) is 7.40. The molecule has 0 bridgehead atoms. The fourth-order valence-electron chi connectivity index (χ4n) is 2.36. The average molecular weight is 300 g/mol. The molecule has 0 saturated heterocycles. The summed E-state index contributed by atoms with van der Waals surface area (Å²) in [5.74, 6) is 1.40. The maximum atomic E-state index is 6.00. The predicted molar refractivity (Wildman–Crippen MR) is 86.9 cm³/mol. The zero-order valence-electron chi connectivity index (χ0n) is 12.0. The van der Waals surface area contributed by atoms with Gasteiger partial charge in [-0.05, 0) is 32.0 Å². The van der Waals surface area contributed by atoms with Gasteiger partial charge in [-0.25, -0.2) is 0 Å². The van der Waals surface area contributed by atoms with Crippen LogP contribution in [0.15, 0.2) is 40.8 Å². The van der Waals surface area contributed by atoms with Crippen LogP contribution in [0.5, 0.6) is 11.5 Å². The van der Waals surface area contributed by atoms with Crippen LogP contribution >= 0.6 is 12.2 Å². The van der Waals surface area contributed by atoms with Gasteiger partial charge in [-0.2, -0.15) is 0 Å². The number of hydrogen-bond acceptors (Lipinski definition) is 4. The minimum atomic E-state index is 0.555. The maximum Gasteiger partial charge on any atom is 0.178 e. The molecule has 3 aromatic rings. The number of hydrogen-bond donors (Lipinski definition) is 0. The van der Waals surface area contributed by atoms with E-state index in [4.69, 9.17) is 26.1 Å². The minimum Gasteiger partial charge on any atom is -0.494 e. The molecule has 0 N–H and O–H groups in total. The summed E-state index contributed by atoms with van der Waals surface area (Å²) < 4.78 is 18.0. The van der Waals surface area contributed by atoms with Crippen molar-refractivity contribution in [3.8, 4) is 11.5 Å². The number of ether oxygens (including phenoxy) is 2. The van der Waals surface area contributed by atoms with Gasteiger partial charge in [0.1, 0.15) is 11.3 Å². The molecule has 4 heteroatoms. The zero-order chi connectivity index (χ0) is 14.8. The summed E-state index contributed by atoms with van der Waals surface area (Å²) in [6, 6.07) is 11.5. The van der Waals surface area contributed by atoms with Crippen LogP contribution in [0.3, 0.4) is 0 Å². The van der Waals surface area contributed by atoms with Crippen LogP contribution in [0.4, 0.5) is 0 Å². The van der Waals surface area contributed by atoms with Gasteiger partial charge in [0.2, 0.25) is 0 Å². The van der Waals surface area contributed by atoms with Crippen molar-refractivity contribution in [3.05, 3.63) is 40.9 Å². The first-order chi connectivity index (χ1) is 10.2. The fourth-order valence-corrected chi connectivity index (χ4v) is 2.68. The summed E-state index contributed by atoms with van der Waals surface area (Å²) in [6.45, 7) is 5.03. The number of para-hydroxylation sites is 1. The second-order valence-electron chi connectivity index (χ2n) is 4.59. The normalized spacial score (nSPS) is 11.0. The van der Waals surface area contributed by atoms with E-state index >= 15 is 0 Å². The van der Waals surface area contributed by atoms with Gasteiger partial charge < -0.3 is 13.9 Å². The Balaban J connectivity index is 2.40. The largest absolute Gasteiger partial charge is 0.494 e. The Bertz CT molecular complexity index is 852. The van der Waals surface area contributed by atoms with Gasteiger partial charge in [-0.15, -0.1) is 0 Å².